The molecule has 0 aliphatic carbocycles. The van der Waals surface area contributed by atoms with Crippen LogP contribution >= 0.6 is 11.6 Å². The van der Waals surface area contributed by atoms with Crippen LogP contribution in [0.25, 0.3) is 11.2 Å². The van der Waals surface area contributed by atoms with Gasteiger partial charge >= 0.3 is 223 Å². The van der Waals surface area contributed by atoms with Crippen LogP contribution in [0.3, 0.4) is 0 Å². The first-order valence-corrected chi connectivity index (χ1v) is 20.1. The molecule has 0 unspecified atom stereocenters. The van der Waals surface area contributed by atoms with Crippen molar-refractivity contribution in [2.75, 3.05) is 7.05 Å². The number of carbonyl (C=O) groups excluding carboxylic acids is 1. The second-order valence-corrected chi connectivity index (χ2v) is 24.8. The molecule has 0 radical (unpaired) electrons. The van der Waals surface area contributed by atoms with Crippen LogP contribution in [0.1, 0.15) is 46.5 Å². The van der Waals surface area contributed by atoms with Gasteiger partial charge in [0, 0.05) is 0 Å². The maximum absolute atomic E-state index is 13.2. The third-order valence-electron chi connectivity index (χ3n) is 7.76. The van der Waals surface area contributed by atoms with Crippen molar-refractivity contribution < 1.29 is 13.6 Å². The van der Waals surface area contributed by atoms with E-state index in [0.29, 0.717) is 16.3 Å². The molecule has 35 heavy (non-hydrogen) atoms. The van der Waals surface area contributed by atoms with E-state index in [1.54, 1.807) is 13.4 Å². The summed E-state index contributed by atoms with van der Waals surface area (Å²) < 4.78 is 16.2. The number of hydrogen-bond donors (Lipinski definition) is 1. The Morgan fingerprint density at radius 1 is 1.00 bits per heavy atom. The van der Waals surface area contributed by atoms with Crippen molar-refractivity contribution in [1.82, 2.24) is 24.8 Å². The molecule has 3 heterocycles. The van der Waals surface area contributed by atoms with Gasteiger partial charge in [0.1, 0.15) is 0 Å². The standard InChI is InChI=1S/C23H40ClN5O3SeSi2/c1-22(2,3)34(8,9)31-15-16(32-35(10,11)23(4,5)6)21(33-17(15)20(30)25-7)29-13-28-14-18(24)26-12-27-19(14)29/h12-13,15-17,21H,1-11H3,(H,25,30)/t15-,16+,17+,21+/m0/s1. The first-order valence-electron chi connectivity index (χ1n) is 12.0. The van der Waals surface area contributed by atoms with Gasteiger partial charge in [-0.3, -0.25) is 0 Å². The van der Waals surface area contributed by atoms with Gasteiger partial charge in [0.25, 0.3) is 0 Å². The van der Waals surface area contributed by atoms with Gasteiger partial charge in [0.05, 0.1) is 0 Å². The number of imidazole rings is 1. The predicted molar refractivity (Wildman–Crippen MR) is 147 cm³/mol. The van der Waals surface area contributed by atoms with Gasteiger partial charge < -0.3 is 0 Å². The van der Waals surface area contributed by atoms with Crippen LogP contribution in [0.15, 0.2) is 12.7 Å². The van der Waals surface area contributed by atoms with E-state index in [-0.39, 0.29) is 52.9 Å². The molecule has 0 saturated carbocycles. The number of rotatable bonds is 6. The topological polar surface area (TPSA) is 91.2 Å². The SMILES string of the molecule is CNC(=O)[C@@H]1[Se][C@@H](n2cnc3c(Cl)ncnc32)[C@H](O[Si](C)(C)C(C)(C)C)[C@@H]1O[Si](C)(C)C(C)(C)C. The fourth-order valence-electron chi connectivity index (χ4n) is 3.51. The Morgan fingerprint density at radius 2 is 1.54 bits per heavy atom. The number of hydrogen-bond acceptors (Lipinski definition) is 6. The number of amides is 1. The van der Waals surface area contributed by atoms with Crippen LogP contribution in [0.5, 0.6) is 0 Å². The van der Waals surface area contributed by atoms with E-state index in [1.807, 2.05) is 4.57 Å². The maximum atomic E-state index is 13.2. The fraction of sp³-hybridized carbons (Fsp3) is 0.739. The van der Waals surface area contributed by atoms with Gasteiger partial charge in [-0.1, -0.05) is 0 Å². The summed E-state index contributed by atoms with van der Waals surface area (Å²) in [6.45, 7) is 22.3. The molecule has 4 atom stereocenters. The van der Waals surface area contributed by atoms with Crippen LogP contribution < -0.4 is 5.32 Å². The monoisotopic (exact) mass is 605 g/mol. The molecule has 0 spiro atoms. The molecule has 0 bridgehead atoms. The van der Waals surface area contributed by atoms with E-state index in [0.717, 1.165) is 0 Å². The molecule has 1 amide bonds. The molecule has 1 N–H and O–H groups in total. The molecule has 1 aliphatic rings. The van der Waals surface area contributed by atoms with Gasteiger partial charge in [0.2, 0.25) is 0 Å². The Morgan fingerprint density at radius 3 is 2.06 bits per heavy atom. The second kappa shape index (κ2) is 9.81. The van der Waals surface area contributed by atoms with E-state index in [9.17, 15) is 4.79 Å². The molecule has 1 fully saturated rings. The molecular formula is C23H40ClN5O3SeSi2. The molecular weight excluding hydrogens is 565 g/mol. The summed E-state index contributed by atoms with van der Waals surface area (Å²) in [5, 5.41) is 3.20. The number of halogens is 1. The third kappa shape index (κ3) is 5.56. The summed E-state index contributed by atoms with van der Waals surface area (Å²) in [6, 6.07) is 0. The van der Waals surface area contributed by atoms with Crippen LogP contribution in [0.4, 0.5) is 0 Å². The minimum atomic E-state index is -2.22. The zero-order valence-corrected chi connectivity index (χ0v) is 27.2. The van der Waals surface area contributed by atoms with E-state index in [1.165, 1.54) is 6.33 Å². The Labute approximate surface area is 222 Å². The zero-order chi connectivity index (χ0) is 26.6. The summed E-state index contributed by atoms with van der Waals surface area (Å²) in [7, 11) is -2.74. The molecule has 12 heteroatoms. The Kier molecular flexibility index (Phi) is 8.06. The van der Waals surface area contributed by atoms with Crippen molar-refractivity contribution in [2.24, 2.45) is 0 Å². The molecule has 1 aliphatic heterocycles. The first kappa shape index (κ1) is 28.7. The number of nitrogens with one attached hydrogen (secondary N) is 1. The average Bonchev–Trinajstić information content (AvgIpc) is 3.28. The average molecular weight is 605 g/mol. The van der Waals surface area contributed by atoms with E-state index in [4.69, 9.17) is 20.5 Å². The zero-order valence-electron chi connectivity index (χ0n) is 22.8. The normalized spacial score (nSPS) is 24.2. The first-order chi connectivity index (χ1) is 15.9. The van der Waals surface area contributed by atoms with Gasteiger partial charge in [0.15, 0.2) is 0 Å². The van der Waals surface area contributed by atoms with Crippen LogP contribution in [0, 0.1) is 0 Å². The molecule has 2 aromatic heterocycles. The van der Waals surface area contributed by atoms with Crippen molar-refractivity contribution in [3.05, 3.63) is 17.8 Å². The van der Waals surface area contributed by atoms with E-state index < -0.39 is 16.6 Å². The number of nitrogens with zero attached hydrogens (tertiary/aromatic N) is 4. The van der Waals surface area contributed by atoms with Crippen molar-refractivity contribution in [3.63, 3.8) is 0 Å². The van der Waals surface area contributed by atoms with E-state index >= 15 is 0 Å². The van der Waals surface area contributed by atoms with Crippen molar-refractivity contribution in [2.45, 2.75) is 99.8 Å². The molecule has 8 nitrogen and oxygen atoms in total. The second-order valence-electron chi connectivity index (χ2n) is 12.2. The summed E-state index contributed by atoms with van der Waals surface area (Å²) in [5.74, 6) is -0.00267. The van der Waals surface area contributed by atoms with Gasteiger partial charge in [-0.2, -0.15) is 0 Å². The Bertz CT molecular complexity index is 1080. The third-order valence-corrected chi connectivity index (χ3v) is 20.2. The van der Waals surface area contributed by atoms with Gasteiger partial charge in [-0.25, -0.2) is 0 Å². The summed E-state index contributed by atoms with van der Waals surface area (Å²) in [4.78, 5) is 25.9. The molecule has 3 rings (SSSR count). The molecule has 1 saturated heterocycles. The minimum absolute atomic E-state index is 0.000338. The summed E-state index contributed by atoms with van der Waals surface area (Å²) >= 11 is 6.14. The van der Waals surface area contributed by atoms with Crippen LogP contribution in [0.2, 0.25) is 46.2 Å². The fourth-order valence-corrected chi connectivity index (χ4v) is 10.0. The molecule has 196 valence electrons. The summed E-state index contributed by atoms with van der Waals surface area (Å²) in [6.07, 6.45) is 2.55. The Hall–Kier alpha value is -0.817. The summed E-state index contributed by atoms with van der Waals surface area (Å²) in [5.41, 5.74) is 1.21. The van der Waals surface area contributed by atoms with E-state index in [2.05, 4.69) is 88.0 Å². The predicted octanol–water partition coefficient (Wildman–Crippen LogP) is 5.01. The molecule has 2 aromatic rings. The Balaban J connectivity index is 2.17. The van der Waals surface area contributed by atoms with Crippen molar-refractivity contribution in [1.29, 1.82) is 0 Å². The van der Waals surface area contributed by atoms with Crippen LogP contribution in [-0.4, -0.2) is 76.3 Å². The van der Waals surface area contributed by atoms with Crippen molar-refractivity contribution in [3.8, 4) is 0 Å². The number of fused-ring (bicyclic) bond motifs is 1. The van der Waals surface area contributed by atoms with Crippen molar-refractivity contribution >= 4 is 60.3 Å². The number of aromatic nitrogens is 4. The van der Waals surface area contributed by atoms with Crippen LogP contribution in [-0.2, 0) is 13.6 Å². The quantitative estimate of drug-likeness (QED) is 0.368. The van der Waals surface area contributed by atoms with Gasteiger partial charge in [-0.15, -0.1) is 0 Å². The number of carbonyl (C=O) groups is 1. The molecule has 0 aromatic carbocycles. The van der Waals surface area contributed by atoms with Gasteiger partial charge in [-0.05, 0) is 0 Å².